The Morgan fingerprint density at radius 1 is 1.62 bits per heavy atom. The number of hydrogen-bond donors (Lipinski definition) is 1. The van der Waals surface area contributed by atoms with Crippen molar-refractivity contribution in [2.45, 2.75) is 6.42 Å². The molecule has 1 aromatic rings. The Labute approximate surface area is 76.3 Å². The molecule has 0 aromatic heterocycles. The van der Waals surface area contributed by atoms with Gasteiger partial charge in [-0.25, -0.2) is 4.79 Å². The smallest absolute Gasteiger partial charge is 0.160 e. The van der Waals surface area contributed by atoms with E-state index in [2.05, 4.69) is 0 Å². The number of benzene rings is 1. The molecule has 0 unspecified atom stereocenters. The Bertz CT molecular complexity index is 338. The van der Waals surface area contributed by atoms with Crippen LogP contribution in [-0.2, 0) is 11.2 Å². The van der Waals surface area contributed by atoms with Gasteiger partial charge < -0.3 is 9.84 Å². The summed E-state index contributed by atoms with van der Waals surface area (Å²) >= 11 is 0. The molecule has 3 nitrogen and oxygen atoms in total. The zero-order valence-corrected chi connectivity index (χ0v) is 7.28. The second kappa shape index (κ2) is 4.33. The van der Waals surface area contributed by atoms with Crippen molar-refractivity contribution in [1.29, 1.82) is 0 Å². The zero-order valence-electron chi connectivity index (χ0n) is 7.28. The molecular formula is C10H10O3. The molecule has 0 saturated heterocycles. The Morgan fingerprint density at radius 3 is 2.92 bits per heavy atom. The molecule has 13 heavy (non-hydrogen) atoms. The first-order chi connectivity index (χ1) is 6.27. The largest absolute Gasteiger partial charge is 0.504 e. The summed E-state index contributed by atoms with van der Waals surface area (Å²) in [5.74, 6) is 2.19. The fourth-order valence-electron chi connectivity index (χ4n) is 1.02. The zero-order chi connectivity index (χ0) is 9.68. The van der Waals surface area contributed by atoms with E-state index in [1.165, 1.54) is 13.2 Å². The van der Waals surface area contributed by atoms with E-state index in [-0.39, 0.29) is 5.75 Å². The summed E-state index contributed by atoms with van der Waals surface area (Å²) in [7, 11) is 1.49. The highest BCUT2D eigenvalue weighted by molar-refractivity contribution is 5.48. The van der Waals surface area contributed by atoms with Crippen molar-refractivity contribution in [3.63, 3.8) is 0 Å². The standard InChI is InChI=1S/C10H10O3/c1-13-10-5-4-8(3-2-6-11)7-9(10)12/h2,4-5,7,12H,3H2,1H3. The molecule has 0 atom stereocenters. The van der Waals surface area contributed by atoms with Crippen LogP contribution < -0.4 is 4.74 Å². The minimum atomic E-state index is 0.0827. The number of ether oxygens (including phenoxy) is 1. The molecule has 0 saturated carbocycles. The highest BCUT2D eigenvalue weighted by Crippen LogP contribution is 2.26. The van der Waals surface area contributed by atoms with Crippen LogP contribution in [0.2, 0.25) is 0 Å². The maximum absolute atomic E-state index is 9.92. The number of methoxy groups -OCH3 is 1. The Morgan fingerprint density at radius 2 is 2.38 bits per heavy atom. The Hall–Kier alpha value is -1.73. The van der Waals surface area contributed by atoms with Crippen LogP contribution in [0.25, 0.3) is 0 Å². The van der Waals surface area contributed by atoms with Gasteiger partial charge in [-0.15, -0.1) is 0 Å². The first kappa shape index (κ1) is 9.36. The van der Waals surface area contributed by atoms with Crippen molar-refractivity contribution in [3.05, 3.63) is 29.8 Å². The first-order valence-corrected chi connectivity index (χ1v) is 3.83. The molecule has 0 amide bonds. The molecule has 0 spiro atoms. The third-order valence-electron chi connectivity index (χ3n) is 1.66. The lowest BCUT2D eigenvalue weighted by molar-refractivity contribution is 0.373. The SMILES string of the molecule is COc1ccc(CC=C=O)cc1O. The normalized spacial score (nSPS) is 9.00. The minimum absolute atomic E-state index is 0.0827. The van der Waals surface area contributed by atoms with Gasteiger partial charge in [0, 0.05) is 12.5 Å². The van der Waals surface area contributed by atoms with E-state index < -0.39 is 0 Å². The number of carbonyl (C=O) groups excluding carboxylic acids is 1. The predicted molar refractivity (Wildman–Crippen MR) is 48.6 cm³/mol. The van der Waals surface area contributed by atoms with Crippen LogP contribution >= 0.6 is 0 Å². The highest BCUT2D eigenvalue weighted by Gasteiger charge is 2.00. The van der Waals surface area contributed by atoms with Crippen LogP contribution in [0.1, 0.15) is 5.56 Å². The number of aromatic hydroxyl groups is 1. The van der Waals surface area contributed by atoms with E-state index in [4.69, 9.17) is 4.74 Å². The van der Waals surface area contributed by atoms with Crippen molar-refractivity contribution < 1.29 is 14.6 Å². The minimum Gasteiger partial charge on any atom is -0.504 e. The predicted octanol–water partition coefficient (Wildman–Crippen LogP) is 1.33. The molecule has 0 radical (unpaired) electrons. The lowest BCUT2D eigenvalue weighted by Crippen LogP contribution is -1.86. The average Bonchev–Trinajstić information content (AvgIpc) is 2.15. The van der Waals surface area contributed by atoms with Crippen LogP contribution in [-0.4, -0.2) is 18.2 Å². The molecule has 0 aliphatic carbocycles. The molecule has 68 valence electrons. The fraction of sp³-hybridized carbons (Fsp3) is 0.200. The second-order valence-corrected chi connectivity index (χ2v) is 2.53. The first-order valence-electron chi connectivity index (χ1n) is 3.83. The number of allylic oxidation sites excluding steroid dienone is 1. The van der Waals surface area contributed by atoms with Crippen molar-refractivity contribution >= 4 is 5.94 Å². The van der Waals surface area contributed by atoms with Crippen LogP contribution in [0.15, 0.2) is 24.3 Å². The molecule has 1 aromatic carbocycles. The molecule has 0 fully saturated rings. The second-order valence-electron chi connectivity index (χ2n) is 2.53. The van der Waals surface area contributed by atoms with Gasteiger partial charge in [0.05, 0.1) is 7.11 Å². The monoisotopic (exact) mass is 178 g/mol. The summed E-state index contributed by atoms with van der Waals surface area (Å²) in [4.78, 5) is 9.92. The van der Waals surface area contributed by atoms with Gasteiger partial charge in [-0.2, -0.15) is 0 Å². The molecule has 0 heterocycles. The van der Waals surface area contributed by atoms with Gasteiger partial charge in [-0.1, -0.05) is 6.07 Å². The molecule has 1 rings (SSSR count). The number of hydrogen-bond acceptors (Lipinski definition) is 3. The fourth-order valence-corrected chi connectivity index (χ4v) is 1.02. The lowest BCUT2D eigenvalue weighted by atomic mass is 10.1. The van der Waals surface area contributed by atoms with Gasteiger partial charge in [-0.3, -0.25) is 0 Å². The summed E-state index contributed by atoms with van der Waals surface area (Å²) in [5, 5.41) is 9.35. The maximum Gasteiger partial charge on any atom is 0.160 e. The van der Waals surface area contributed by atoms with Crippen molar-refractivity contribution in [1.82, 2.24) is 0 Å². The Kier molecular flexibility index (Phi) is 3.12. The average molecular weight is 178 g/mol. The highest BCUT2D eigenvalue weighted by atomic mass is 16.5. The third kappa shape index (κ3) is 2.36. The van der Waals surface area contributed by atoms with Crippen LogP contribution in [0.4, 0.5) is 0 Å². The summed E-state index contributed by atoms with van der Waals surface area (Å²) < 4.78 is 4.87. The van der Waals surface area contributed by atoms with Gasteiger partial charge >= 0.3 is 0 Å². The molecule has 0 bridgehead atoms. The number of phenols is 1. The molecule has 0 aliphatic rings. The van der Waals surface area contributed by atoms with Crippen LogP contribution in [0.3, 0.4) is 0 Å². The summed E-state index contributed by atoms with van der Waals surface area (Å²) in [6, 6.07) is 5.00. The van der Waals surface area contributed by atoms with E-state index in [0.717, 1.165) is 5.56 Å². The van der Waals surface area contributed by atoms with E-state index in [1.54, 1.807) is 24.1 Å². The molecule has 0 aliphatic heterocycles. The lowest BCUT2D eigenvalue weighted by Gasteiger charge is -2.03. The van der Waals surface area contributed by atoms with Gasteiger partial charge in [0.25, 0.3) is 0 Å². The van der Waals surface area contributed by atoms with Gasteiger partial charge in [-0.05, 0) is 17.7 Å². The van der Waals surface area contributed by atoms with E-state index in [9.17, 15) is 9.90 Å². The van der Waals surface area contributed by atoms with Crippen molar-refractivity contribution in [2.24, 2.45) is 0 Å². The van der Waals surface area contributed by atoms with Gasteiger partial charge in [0.2, 0.25) is 0 Å². The topological polar surface area (TPSA) is 46.5 Å². The molecule has 1 N–H and O–H groups in total. The quantitative estimate of drug-likeness (QED) is 0.710. The number of phenolic OH excluding ortho intramolecular Hbond substituents is 1. The van der Waals surface area contributed by atoms with E-state index in [1.807, 2.05) is 0 Å². The maximum atomic E-state index is 9.92. The van der Waals surface area contributed by atoms with Crippen molar-refractivity contribution in [2.75, 3.05) is 7.11 Å². The van der Waals surface area contributed by atoms with E-state index in [0.29, 0.717) is 12.2 Å². The summed E-state index contributed by atoms with van der Waals surface area (Å²) in [6.07, 6.45) is 1.84. The van der Waals surface area contributed by atoms with Gasteiger partial charge in [0.15, 0.2) is 11.5 Å². The van der Waals surface area contributed by atoms with Gasteiger partial charge in [0.1, 0.15) is 5.94 Å². The number of rotatable bonds is 3. The van der Waals surface area contributed by atoms with Crippen molar-refractivity contribution in [3.8, 4) is 11.5 Å². The molecular weight excluding hydrogens is 168 g/mol. The van der Waals surface area contributed by atoms with Crippen LogP contribution in [0, 0.1) is 0 Å². The molecule has 3 heteroatoms. The summed E-state index contributed by atoms with van der Waals surface area (Å²) in [6.45, 7) is 0. The third-order valence-corrected chi connectivity index (χ3v) is 1.66. The Balaban J connectivity index is 2.88. The summed E-state index contributed by atoms with van der Waals surface area (Å²) in [5.41, 5.74) is 0.849. The van der Waals surface area contributed by atoms with Crippen LogP contribution in [0.5, 0.6) is 11.5 Å². The van der Waals surface area contributed by atoms with E-state index >= 15 is 0 Å².